The van der Waals surface area contributed by atoms with Gasteiger partial charge in [0.15, 0.2) is 6.04 Å². The molecule has 0 fully saturated rings. The largest absolute Gasteiger partial charge is 0.480 e. The number of halogens is 1. The van der Waals surface area contributed by atoms with Crippen molar-refractivity contribution >= 4 is 39.1 Å². The Morgan fingerprint density at radius 3 is 2.67 bits per heavy atom. The Bertz CT molecular complexity index is 378. The van der Waals surface area contributed by atoms with Crippen LogP contribution in [-0.4, -0.2) is 34.7 Å². The Kier molecular flexibility index (Phi) is 4.25. The van der Waals surface area contributed by atoms with Crippen LogP contribution in [0.25, 0.3) is 0 Å². The molecule has 15 heavy (non-hydrogen) atoms. The lowest BCUT2D eigenvalue weighted by molar-refractivity contribution is -0.140. The normalized spacial score (nSPS) is 12.1. The SMILES string of the molecule is O=C(N[C@H](CO)C(=O)O)c1csc(Br)c1. The van der Waals surface area contributed by atoms with E-state index >= 15 is 0 Å². The van der Waals surface area contributed by atoms with Gasteiger partial charge in [-0.3, -0.25) is 4.79 Å². The van der Waals surface area contributed by atoms with Crippen LogP contribution in [0.15, 0.2) is 15.2 Å². The van der Waals surface area contributed by atoms with Gasteiger partial charge in [0.05, 0.1) is 16.0 Å². The van der Waals surface area contributed by atoms with E-state index < -0.39 is 24.5 Å². The number of carbonyl (C=O) groups excluding carboxylic acids is 1. The summed E-state index contributed by atoms with van der Waals surface area (Å²) in [6.07, 6.45) is 0. The quantitative estimate of drug-likeness (QED) is 0.762. The van der Waals surface area contributed by atoms with Gasteiger partial charge in [0.1, 0.15) is 0 Å². The molecular weight excluding hydrogens is 286 g/mol. The smallest absolute Gasteiger partial charge is 0.328 e. The number of thiophene rings is 1. The Hall–Kier alpha value is -0.920. The van der Waals surface area contributed by atoms with Gasteiger partial charge in [-0.2, -0.15) is 0 Å². The lowest BCUT2D eigenvalue weighted by Gasteiger charge is -2.10. The molecule has 1 aromatic heterocycles. The predicted octanol–water partition coefficient (Wildman–Crippen LogP) is 0.686. The Labute approximate surface area is 97.9 Å². The van der Waals surface area contributed by atoms with Crippen LogP contribution in [0.5, 0.6) is 0 Å². The molecule has 0 bridgehead atoms. The minimum atomic E-state index is -1.27. The fourth-order valence-corrected chi connectivity index (χ4v) is 1.99. The summed E-state index contributed by atoms with van der Waals surface area (Å²) in [5.41, 5.74) is 0.367. The number of aliphatic carboxylic acids is 1. The molecule has 1 aromatic rings. The number of carbonyl (C=O) groups is 2. The molecule has 7 heteroatoms. The minimum Gasteiger partial charge on any atom is -0.480 e. The van der Waals surface area contributed by atoms with Crippen molar-refractivity contribution in [3.8, 4) is 0 Å². The van der Waals surface area contributed by atoms with E-state index in [-0.39, 0.29) is 0 Å². The van der Waals surface area contributed by atoms with Gasteiger partial charge in [0.2, 0.25) is 0 Å². The molecule has 1 amide bonds. The van der Waals surface area contributed by atoms with Crippen molar-refractivity contribution in [2.75, 3.05) is 6.61 Å². The van der Waals surface area contributed by atoms with Crippen LogP contribution >= 0.6 is 27.3 Å². The van der Waals surface area contributed by atoms with Crippen molar-refractivity contribution in [1.82, 2.24) is 5.32 Å². The van der Waals surface area contributed by atoms with E-state index in [9.17, 15) is 9.59 Å². The zero-order valence-corrected chi connectivity index (χ0v) is 9.84. The zero-order chi connectivity index (χ0) is 11.4. The van der Waals surface area contributed by atoms with Crippen molar-refractivity contribution in [3.05, 3.63) is 20.8 Å². The highest BCUT2D eigenvalue weighted by molar-refractivity contribution is 9.11. The van der Waals surface area contributed by atoms with Crippen LogP contribution in [0, 0.1) is 0 Å². The summed E-state index contributed by atoms with van der Waals surface area (Å²) in [7, 11) is 0. The number of carboxylic acids is 1. The minimum absolute atomic E-state index is 0.367. The van der Waals surface area contributed by atoms with Crippen LogP contribution in [0.3, 0.4) is 0 Å². The fraction of sp³-hybridized carbons (Fsp3) is 0.250. The maximum absolute atomic E-state index is 11.4. The zero-order valence-electron chi connectivity index (χ0n) is 7.44. The van der Waals surface area contributed by atoms with Crippen LogP contribution < -0.4 is 5.32 Å². The van der Waals surface area contributed by atoms with Gasteiger partial charge in [-0.05, 0) is 22.0 Å². The van der Waals surface area contributed by atoms with Gasteiger partial charge in [-0.25, -0.2) is 4.79 Å². The molecule has 0 aliphatic heterocycles. The van der Waals surface area contributed by atoms with E-state index in [0.717, 1.165) is 3.79 Å². The van der Waals surface area contributed by atoms with Crippen molar-refractivity contribution in [3.63, 3.8) is 0 Å². The summed E-state index contributed by atoms with van der Waals surface area (Å²) in [5, 5.41) is 21.1. The van der Waals surface area contributed by atoms with Crippen molar-refractivity contribution in [1.29, 1.82) is 0 Å². The summed E-state index contributed by atoms with van der Waals surface area (Å²) >= 11 is 4.51. The highest BCUT2D eigenvalue weighted by Gasteiger charge is 2.19. The molecule has 3 N–H and O–H groups in total. The molecule has 82 valence electrons. The van der Waals surface area contributed by atoms with Gasteiger partial charge in [0, 0.05) is 5.38 Å². The van der Waals surface area contributed by atoms with E-state index in [0.29, 0.717) is 5.56 Å². The number of hydrogen-bond acceptors (Lipinski definition) is 4. The van der Waals surface area contributed by atoms with Gasteiger partial charge in [-0.1, -0.05) is 0 Å². The maximum Gasteiger partial charge on any atom is 0.328 e. The number of aliphatic hydroxyl groups excluding tert-OH is 1. The third-order valence-corrected chi connectivity index (χ3v) is 3.12. The number of nitrogens with one attached hydrogen (secondary N) is 1. The molecule has 0 aromatic carbocycles. The fourth-order valence-electron chi connectivity index (χ4n) is 0.856. The Morgan fingerprint density at radius 1 is 1.60 bits per heavy atom. The summed E-state index contributed by atoms with van der Waals surface area (Å²) in [6, 6.07) is 0.312. The Morgan fingerprint density at radius 2 is 2.27 bits per heavy atom. The predicted molar refractivity (Wildman–Crippen MR) is 58.0 cm³/mol. The topological polar surface area (TPSA) is 86.6 Å². The lowest BCUT2D eigenvalue weighted by Crippen LogP contribution is -2.43. The first-order chi connectivity index (χ1) is 7.04. The van der Waals surface area contributed by atoms with Crippen LogP contribution in [0.1, 0.15) is 10.4 Å². The van der Waals surface area contributed by atoms with Gasteiger partial charge in [-0.15, -0.1) is 11.3 Å². The van der Waals surface area contributed by atoms with Crippen molar-refractivity contribution in [2.45, 2.75) is 6.04 Å². The van der Waals surface area contributed by atoms with E-state index in [2.05, 4.69) is 21.2 Å². The van der Waals surface area contributed by atoms with Gasteiger partial charge < -0.3 is 15.5 Å². The first-order valence-electron chi connectivity index (χ1n) is 3.93. The van der Waals surface area contributed by atoms with E-state index in [1.807, 2.05) is 0 Å². The highest BCUT2D eigenvalue weighted by atomic mass is 79.9. The first kappa shape index (κ1) is 12.2. The van der Waals surface area contributed by atoms with Crippen LogP contribution in [0.2, 0.25) is 0 Å². The molecule has 5 nitrogen and oxygen atoms in total. The number of rotatable bonds is 4. The molecule has 1 atom stereocenters. The number of carboxylic acid groups (broad SMARTS) is 1. The average molecular weight is 294 g/mol. The van der Waals surface area contributed by atoms with E-state index in [1.165, 1.54) is 11.3 Å². The third kappa shape index (κ3) is 3.29. The first-order valence-corrected chi connectivity index (χ1v) is 5.60. The summed E-state index contributed by atoms with van der Waals surface area (Å²) in [5.74, 6) is -1.78. The second-order valence-corrected chi connectivity index (χ2v) is 4.98. The third-order valence-electron chi connectivity index (χ3n) is 1.62. The molecule has 0 spiro atoms. The second kappa shape index (κ2) is 5.24. The van der Waals surface area contributed by atoms with E-state index in [1.54, 1.807) is 11.4 Å². The number of amides is 1. The summed E-state index contributed by atoms with van der Waals surface area (Å²) in [4.78, 5) is 22.0. The van der Waals surface area contributed by atoms with Crippen molar-refractivity contribution in [2.24, 2.45) is 0 Å². The monoisotopic (exact) mass is 293 g/mol. The van der Waals surface area contributed by atoms with Gasteiger partial charge >= 0.3 is 5.97 Å². The standard InChI is InChI=1S/C8H8BrNO4S/c9-6-1-4(3-15-6)7(12)10-5(2-11)8(13)14/h1,3,5,11H,2H2,(H,10,12)(H,13,14)/t5-/m1/s1. The molecule has 0 saturated carbocycles. The molecule has 0 aliphatic carbocycles. The van der Waals surface area contributed by atoms with Crippen molar-refractivity contribution < 1.29 is 19.8 Å². The molecule has 0 radical (unpaired) electrons. The lowest BCUT2D eigenvalue weighted by atomic mass is 10.2. The highest BCUT2D eigenvalue weighted by Crippen LogP contribution is 2.20. The average Bonchev–Trinajstić information content (AvgIpc) is 2.60. The second-order valence-electron chi connectivity index (χ2n) is 2.69. The van der Waals surface area contributed by atoms with E-state index in [4.69, 9.17) is 10.2 Å². The summed E-state index contributed by atoms with van der Waals surface area (Å²) < 4.78 is 0.781. The molecule has 1 heterocycles. The summed E-state index contributed by atoms with van der Waals surface area (Å²) in [6.45, 7) is -0.633. The number of aliphatic hydroxyl groups is 1. The molecule has 0 unspecified atom stereocenters. The molecular formula is C8H8BrNO4S. The van der Waals surface area contributed by atoms with Gasteiger partial charge in [0.25, 0.3) is 5.91 Å². The Balaban J connectivity index is 2.66. The maximum atomic E-state index is 11.4. The molecule has 0 saturated heterocycles. The molecule has 1 rings (SSSR count). The van der Waals surface area contributed by atoms with Crippen LogP contribution in [0.4, 0.5) is 0 Å². The number of hydrogen-bond donors (Lipinski definition) is 3. The van der Waals surface area contributed by atoms with Crippen LogP contribution in [-0.2, 0) is 4.79 Å². The molecule has 0 aliphatic rings.